The van der Waals surface area contributed by atoms with Crippen LogP contribution in [0.5, 0.6) is 5.75 Å². The molecule has 3 rings (SSSR count). The standard InChI is InChI=1S/C22H27NO3/c1-16-7-10-19(11-8-16)21-14-23(17(2)15-26-21)22(24)12-9-18-5-4-6-20(13-18)25-3/h4-8,10-11,13,17,21H,9,12,14-15H2,1-3H3. The Bertz CT molecular complexity index is 741. The molecule has 0 bridgehead atoms. The van der Waals surface area contributed by atoms with E-state index in [4.69, 9.17) is 9.47 Å². The van der Waals surface area contributed by atoms with Crippen molar-refractivity contribution in [3.8, 4) is 5.75 Å². The molecule has 2 unspecified atom stereocenters. The maximum Gasteiger partial charge on any atom is 0.223 e. The predicted molar refractivity (Wildman–Crippen MR) is 102 cm³/mol. The van der Waals surface area contributed by atoms with Gasteiger partial charge in [-0.3, -0.25) is 4.79 Å². The van der Waals surface area contributed by atoms with Gasteiger partial charge in [-0.05, 0) is 43.5 Å². The van der Waals surface area contributed by atoms with Gasteiger partial charge in [-0.1, -0.05) is 42.0 Å². The molecule has 0 aromatic heterocycles. The lowest BCUT2D eigenvalue weighted by molar-refractivity contribution is -0.144. The third-order valence-electron chi connectivity index (χ3n) is 4.96. The van der Waals surface area contributed by atoms with Crippen molar-refractivity contribution in [1.29, 1.82) is 0 Å². The van der Waals surface area contributed by atoms with Crippen molar-refractivity contribution in [3.05, 3.63) is 65.2 Å². The summed E-state index contributed by atoms with van der Waals surface area (Å²) in [4.78, 5) is 14.8. The zero-order valence-corrected chi connectivity index (χ0v) is 15.8. The van der Waals surface area contributed by atoms with E-state index < -0.39 is 0 Å². The Kier molecular flexibility index (Phi) is 5.94. The van der Waals surface area contributed by atoms with Crippen LogP contribution in [0.15, 0.2) is 48.5 Å². The van der Waals surface area contributed by atoms with Gasteiger partial charge in [0, 0.05) is 6.42 Å². The lowest BCUT2D eigenvalue weighted by Crippen LogP contribution is -2.48. The molecule has 0 spiro atoms. The second kappa shape index (κ2) is 8.37. The molecule has 0 saturated carbocycles. The number of hydrogen-bond acceptors (Lipinski definition) is 3. The minimum absolute atomic E-state index is 0.0485. The summed E-state index contributed by atoms with van der Waals surface area (Å²) in [7, 11) is 1.66. The van der Waals surface area contributed by atoms with Crippen LogP contribution >= 0.6 is 0 Å². The Morgan fingerprint density at radius 2 is 2.00 bits per heavy atom. The molecular weight excluding hydrogens is 326 g/mol. The molecule has 0 aliphatic carbocycles. The minimum Gasteiger partial charge on any atom is -0.497 e. The van der Waals surface area contributed by atoms with Gasteiger partial charge < -0.3 is 14.4 Å². The highest BCUT2D eigenvalue weighted by Crippen LogP contribution is 2.26. The van der Waals surface area contributed by atoms with Crippen LogP contribution in [0.2, 0.25) is 0 Å². The van der Waals surface area contributed by atoms with E-state index in [-0.39, 0.29) is 18.1 Å². The first-order valence-corrected chi connectivity index (χ1v) is 9.17. The number of methoxy groups -OCH3 is 1. The van der Waals surface area contributed by atoms with E-state index >= 15 is 0 Å². The van der Waals surface area contributed by atoms with Crippen molar-refractivity contribution in [2.75, 3.05) is 20.3 Å². The van der Waals surface area contributed by atoms with Gasteiger partial charge in [0.15, 0.2) is 0 Å². The van der Waals surface area contributed by atoms with Gasteiger partial charge in [-0.2, -0.15) is 0 Å². The lowest BCUT2D eigenvalue weighted by atomic mass is 10.0. The normalized spacial score (nSPS) is 20.0. The van der Waals surface area contributed by atoms with Gasteiger partial charge in [0.1, 0.15) is 11.9 Å². The van der Waals surface area contributed by atoms with Crippen LogP contribution in [0.1, 0.15) is 36.1 Å². The Balaban J connectivity index is 1.62. The smallest absolute Gasteiger partial charge is 0.223 e. The van der Waals surface area contributed by atoms with E-state index in [2.05, 4.69) is 38.1 Å². The van der Waals surface area contributed by atoms with Crippen molar-refractivity contribution >= 4 is 5.91 Å². The number of carbonyl (C=O) groups is 1. The number of carbonyl (C=O) groups excluding carboxylic acids is 1. The summed E-state index contributed by atoms with van der Waals surface area (Å²) in [6.45, 7) is 5.31. The fourth-order valence-electron chi connectivity index (χ4n) is 3.31. The fourth-order valence-corrected chi connectivity index (χ4v) is 3.31. The van der Waals surface area contributed by atoms with Crippen LogP contribution in [0, 0.1) is 6.92 Å². The molecule has 1 aliphatic heterocycles. The average molecular weight is 353 g/mol. The summed E-state index contributed by atoms with van der Waals surface area (Å²) in [5.41, 5.74) is 3.48. The highest BCUT2D eigenvalue weighted by molar-refractivity contribution is 5.77. The summed E-state index contributed by atoms with van der Waals surface area (Å²) in [6.07, 6.45) is 1.17. The number of rotatable bonds is 5. The Morgan fingerprint density at radius 1 is 1.23 bits per heavy atom. The van der Waals surface area contributed by atoms with Gasteiger partial charge in [-0.25, -0.2) is 0 Å². The van der Waals surface area contributed by atoms with E-state index in [9.17, 15) is 4.79 Å². The molecule has 1 saturated heterocycles. The highest BCUT2D eigenvalue weighted by atomic mass is 16.5. The van der Waals surface area contributed by atoms with Gasteiger partial charge >= 0.3 is 0 Å². The number of hydrogen-bond donors (Lipinski definition) is 0. The first kappa shape index (κ1) is 18.5. The molecule has 0 N–H and O–H groups in total. The lowest BCUT2D eigenvalue weighted by Gasteiger charge is -2.38. The van der Waals surface area contributed by atoms with Crippen molar-refractivity contribution in [3.63, 3.8) is 0 Å². The van der Waals surface area contributed by atoms with E-state index in [0.29, 0.717) is 19.6 Å². The van der Waals surface area contributed by atoms with Crippen molar-refractivity contribution in [2.24, 2.45) is 0 Å². The predicted octanol–water partition coefficient (Wildman–Crippen LogP) is 3.92. The molecular formula is C22H27NO3. The Morgan fingerprint density at radius 3 is 2.73 bits per heavy atom. The molecule has 4 heteroatoms. The third kappa shape index (κ3) is 4.44. The molecule has 2 aromatic carbocycles. The minimum atomic E-state index is -0.0485. The third-order valence-corrected chi connectivity index (χ3v) is 4.96. The van der Waals surface area contributed by atoms with Crippen LogP contribution in [-0.4, -0.2) is 37.1 Å². The second-order valence-electron chi connectivity index (χ2n) is 6.98. The topological polar surface area (TPSA) is 38.8 Å². The zero-order chi connectivity index (χ0) is 18.5. The molecule has 1 fully saturated rings. The van der Waals surface area contributed by atoms with Crippen LogP contribution in [-0.2, 0) is 16.0 Å². The molecule has 2 aromatic rings. The molecule has 0 radical (unpaired) electrons. The first-order valence-electron chi connectivity index (χ1n) is 9.17. The molecule has 138 valence electrons. The summed E-state index contributed by atoms with van der Waals surface area (Å²) in [5, 5.41) is 0. The van der Waals surface area contributed by atoms with Crippen LogP contribution in [0.25, 0.3) is 0 Å². The van der Waals surface area contributed by atoms with Crippen LogP contribution < -0.4 is 4.74 Å². The van der Waals surface area contributed by atoms with E-state index in [1.165, 1.54) is 5.56 Å². The summed E-state index contributed by atoms with van der Waals surface area (Å²) < 4.78 is 11.2. The fraction of sp³-hybridized carbons (Fsp3) is 0.409. The van der Waals surface area contributed by atoms with Gasteiger partial charge in [0.2, 0.25) is 5.91 Å². The number of morpholine rings is 1. The van der Waals surface area contributed by atoms with Gasteiger partial charge in [0.05, 0.1) is 26.3 Å². The van der Waals surface area contributed by atoms with Crippen molar-refractivity contribution in [2.45, 2.75) is 38.8 Å². The first-order chi connectivity index (χ1) is 12.6. The molecule has 4 nitrogen and oxygen atoms in total. The van der Waals surface area contributed by atoms with Gasteiger partial charge in [0.25, 0.3) is 0 Å². The maximum atomic E-state index is 12.8. The zero-order valence-electron chi connectivity index (χ0n) is 15.8. The van der Waals surface area contributed by atoms with Crippen molar-refractivity contribution in [1.82, 2.24) is 4.90 Å². The molecule has 2 atom stereocenters. The molecule has 26 heavy (non-hydrogen) atoms. The largest absolute Gasteiger partial charge is 0.497 e. The number of amides is 1. The summed E-state index contributed by atoms with van der Waals surface area (Å²) in [5.74, 6) is 1.01. The number of nitrogens with zero attached hydrogens (tertiary/aromatic N) is 1. The van der Waals surface area contributed by atoms with E-state index in [1.54, 1.807) is 7.11 Å². The molecule has 1 aliphatic rings. The maximum absolute atomic E-state index is 12.8. The second-order valence-corrected chi connectivity index (χ2v) is 6.98. The van der Waals surface area contributed by atoms with E-state index in [0.717, 1.165) is 23.3 Å². The summed E-state index contributed by atoms with van der Waals surface area (Å²) >= 11 is 0. The highest BCUT2D eigenvalue weighted by Gasteiger charge is 2.30. The van der Waals surface area contributed by atoms with Crippen LogP contribution in [0.3, 0.4) is 0 Å². The monoisotopic (exact) mass is 353 g/mol. The number of benzene rings is 2. The Hall–Kier alpha value is -2.33. The van der Waals surface area contributed by atoms with Crippen LogP contribution in [0.4, 0.5) is 0 Å². The van der Waals surface area contributed by atoms with Gasteiger partial charge in [-0.15, -0.1) is 0 Å². The van der Waals surface area contributed by atoms with E-state index in [1.807, 2.05) is 29.2 Å². The quantitative estimate of drug-likeness (QED) is 0.818. The number of aryl methyl sites for hydroxylation is 2. The average Bonchev–Trinajstić information content (AvgIpc) is 2.67. The number of ether oxygens (including phenoxy) is 2. The summed E-state index contributed by atoms with van der Waals surface area (Å²) in [6, 6.07) is 16.4. The molecule has 1 amide bonds. The van der Waals surface area contributed by atoms with Crippen molar-refractivity contribution < 1.29 is 14.3 Å². The SMILES string of the molecule is COc1cccc(CCC(=O)N2CC(c3ccc(C)cc3)OCC2C)c1. The Labute approximate surface area is 155 Å². The molecule has 1 heterocycles.